The molecule has 3 nitrogen and oxygen atoms in total. The Bertz CT molecular complexity index is 445. The van der Waals surface area contributed by atoms with Crippen molar-refractivity contribution < 1.29 is 18.3 Å². The van der Waals surface area contributed by atoms with Crippen molar-refractivity contribution >= 4 is 5.69 Å². The van der Waals surface area contributed by atoms with Gasteiger partial charge in [0, 0.05) is 24.8 Å². The van der Waals surface area contributed by atoms with Crippen LogP contribution in [0, 0.1) is 0 Å². The molecule has 0 atom stereocenters. The van der Waals surface area contributed by atoms with Crippen LogP contribution in [0.2, 0.25) is 0 Å². The fourth-order valence-electron chi connectivity index (χ4n) is 2.54. The van der Waals surface area contributed by atoms with Gasteiger partial charge in [0.05, 0.1) is 12.2 Å². The summed E-state index contributed by atoms with van der Waals surface area (Å²) in [5.41, 5.74) is 6.05. The summed E-state index contributed by atoms with van der Waals surface area (Å²) in [6.07, 6.45) is -2.68. The normalized spacial score (nSPS) is 12.0. The van der Waals surface area contributed by atoms with Crippen molar-refractivity contribution in [2.24, 2.45) is 5.73 Å². The van der Waals surface area contributed by atoms with Crippen molar-refractivity contribution in [2.75, 3.05) is 18.1 Å². The van der Waals surface area contributed by atoms with Gasteiger partial charge in [-0.3, -0.25) is 0 Å². The zero-order valence-corrected chi connectivity index (χ0v) is 12.5. The second-order valence-electron chi connectivity index (χ2n) is 4.93. The van der Waals surface area contributed by atoms with Gasteiger partial charge < -0.3 is 15.7 Å². The van der Waals surface area contributed by atoms with Crippen molar-refractivity contribution in [3.8, 4) is 0 Å². The molecule has 1 aromatic rings. The average Bonchev–Trinajstić information content (AvgIpc) is 2.46. The first kappa shape index (κ1) is 17.8. The summed E-state index contributed by atoms with van der Waals surface area (Å²) >= 11 is 0. The third kappa shape index (κ3) is 4.35. The number of alkyl halides is 3. The molecule has 3 N–H and O–H groups in total. The number of hydrogen-bond acceptors (Lipinski definition) is 3. The fraction of sp³-hybridized carbons (Fsp3) is 0.600. The molecule has 0 heterocycles. The van der Waals surface area contributed by atoms with Crippen LogP contribution in [-0.4, -0.2) is 24.3 Å². The van der Waals surface area contributed by atoms with Crippen molar-refractivity contribution in [1.82, 2.24) is 0 Å². The number of halogens is 3. The summed E-state index contributed by atoms with van der Waals surface area (Å²) in [6.45, 7) is 4.39. The number of hydrogen-bond donors (Lipinski definition) is 2. The number of benzene rings is 1. The van der Waals surface area contributed by atoms with Gasteiger partial charge in [-0.15, -0.1) is 0 Å². The molecule has 0 aliphatic rings. The zero-order chi connectivity index (χ0) is 16.0. The SMILES string of the molecule is CCC(CC)N(CCO)c1ccc(C(F)(F)F)cc1CN. The van der Waals surface area contributed by atoms with E-state index in [0.29, 0.717) is 17.8 Å². The molecule has 0 aromatic heterocycles. The molecule has 6 heteroatoms. The van der Waals surface area contributed by atoms with Crippen molar-refractivity contribution in [2.45, 2.75) is 45.5 Å². The Balaban J connectivity index is 3.25. The predicted octanol–water partition coefficient (Wildman–Crippen LogP) is 3.15. The van der Waals surface area contributed by atoms with Gasteiger partial charge in [-0.1, -0.05) is 13.8 Å². The summed E-state index contributed by atoms with van der Waals surface area (Å²) in [7, 11) is 0. The minimum absolute atomic E-state index is 0.0291. The molecule has 0 saturated heterocycles. The summed E-state index contributed by atoms with van der Waals surface area (Å²) in [5, 5.41) is 9.23. The molecule has 0 unspecified atom stereocenters. The highest BCUT2D eigenvalue weighted by molar-refractivity contribution is 5.56. The minimum atomic E-state index is -4.38. The van der Waals surface area contributed by atoms with Crippen molar-refractivity contribution in [3.05, 3.63) is 29.3 Å². The average molecular weight is 304 g/mol. The topological polar surface area (TPSA) is 49.5 Å². The Kier molecular flexibility index (Phi) is 6.48. The maximum atomic E-state index is 12.8. The maximum absolute atomic E-state index is 12.8. The van der Waals surface area contributed by atoms with E-state index in [1.54, 1.807) is 0 Å². The van der Waals surface area contributed by atoms with Gasteiger partial charge in [-0.05, 0) is 36.6 Å². The Morgan fingerprint density at radius 3 is 2.29 bits per heavy atom. The molecule has 0 aliphatic heterocycles. The van der Waals surface area contributed by atoms with Gasteiger partial charge in [0.15, 0.2) is 0 Å². The summed E-state index contributed by atoms with van der Waals surface area (Å²) < 4.78 is 38.3. The third-order valence-corrected chi connectivity index (χ3v) is 3.66. The molecule has 0 amide bonds. The Morgan fingerprint density at radius 2 is 1.86 bits per heavy atom. The lowest BCUT2D eigenvalue weighted by atomic mass is 10.0. The number of anilines is 1. The summed E-state index contributed by atoms with van der Waals surface area (Å²) in [4.78, 5) is 1.95. The van der Waals surface area contributed by atoms with E-state index in [2.05, 4.69) is 0 Å². The van der Waals surface area contributed by atoms with Crippen LogP contribution in [0.4, 0.5) is 18.9 Å². The number of nitrogens with two attached hydrogens (primary N) is 1. The van der Waals surface area contributed by atoms with Crippen LogP contribution in [-0.2, 0) is 12.7 Å². The van der Waals surface area contributed by atoms with Crippen LogP contribution in [0.5, 0.6) is 0 Å². The molecule has 0 aliphatic carbocycles. The summed E-state index contributed by atoms with van der Waals surface area (Å²) in [6, 6.07) is 3.79. The lowest BCUT2D eigenvalue weighted by molar-refractivity contribution is -0.137. The van der Waals surface area contributed by atoms with Gasteiger partial charge in [0.25, 0.3) is 0 Å². The first-order valence-corrected chi connectivity index (χ1v) is 7.16. The molecule has 0 bridgehead atoms. The molecule has 0 saturated carbocycles. The highest BCUT2D eigenvalue weighted by Crippen LogP contribution is 2.33. The van der Waals surface area contributed by atoms with Crippen molar-refractivity contribution in [3.63, 3.8) is 0 Å². The van der Waals surface area contributed by atoms with E-state index >= 15 is 0 Å². The van der Waals surface area contributed by atoms with Gasteiger partial charge in [0.2, 0.25) is 0 Å². The van der Waals surface area contributed by atoms with Crippen LogP contribution >= 0.6 is 0 Å². The number of aliphatic hydroxyl groups is 1. The Labute approximate surface area is 123 Å². The lowest BCUT2D eigenvalue weighted by Crippen LogP contribution is -2.37. The lowest BCUT2D eigenvalue weighted by Gasteiger charge is -2.34. The van der Waals surface area contributed by atoms with E-state index in [4.69, 9.17) is 5.73 Å². The molecule has 21 heavy (non-hydrogen) atoms. The first-order valence-electron chi connectivity index (χ1n) is 7.16. The van der Waals surface area contributed by atoms with E-state index in [0.717, 1.165) is 25.0 Å². The van der Waals surface area contributed by atoms with Crippen LogP contribution in [0.3, 0.4) is 0 Å². The predicted molar refractivity (Wildman–Crippen MR) is 78.1 cm³/mol. The molecule has 120 valence electrons. The highest BCUT2D eigenvalue weighted by atomic mass is 19.4. The molecule has 1 aromatic carbocycles. The van der Waals surface area contributed by atoms with Crippen LogP contribution < -0.4 is 10.6 Å². The molecular formula is C15H23F3N2O. The molecule has 0 fully saturated rings. The molecule has 0 radical (unpaired) electrons. The van der Waals surface area contributed by atoms with Gasteiger partial charge >= 0.3 is 6.18 Å². The third-order valence-electron chi connectivity index (χ3n) is 3.66. The fourth-order valence-corrected chi connectivity index (χ4v) is 2.54. The standard InChI is InChI=1S/C15H23F3N2O/c1-3-13(4-2)20(7-8-21)14-6-5-12(15(16,17)18)9-11(14)10-19/h5-6,9,13,21H,3-4,7-8,10,19H2,1-2H3. The van der Waals surface area contributed by atoms with Gasteiger partial charge in [0.1, 0.15) is 0 Å². The largest absolute Gasteiger partial charge is 0.416 e. The second-order valence-corrected chi connectivity index (χ2v) is 4.93. The second kappa shape index (κ2) is 7.66. The van der Waals surface area contributed by atoms with Crippen LogP contribution in [0.1, 0.15) is 37.8 Å². The molecule has 1 rings (SSSR count). The molecular weight excluding hydrogens is 281 g/mol. The smallest absolute Gasteiger partial charge is 0.395 e. The maximum Gasteiger partial charge on any atom is 0.416 e. The molecule has 0 spiro atoms. The van der Waals surface area contributed by atoms with E-state index in [-0.39, 0.29) is 19.2 Å². The number of nitrogens with zero attached hydrogens (tertiary/aromatic N) is 1. The van der Waals surface area contributed by atoms with E-state index < -0.39 is 11.7 Å². The Morgan fingerprint density at radius 1 is 1.24 bits per heavy atom. The van der Waals surface area contributed by atoms with E-state index in [1.807, 2.05) is 18.7 Å². The zero-order valence-electron chi connectivity index (χ0n) is 12.5. The van der Waals surface area contributed by atoms with Gasteiger partial charge in [-0.25, -0.2) is 0 Å². The van der Waals surface area contributed by atoms with Gasteiger partial charge in [-0.2, -0.15) is 13.2 Å². The van der Waals surface area contributed by atoms with Crippen molar-refractivity contribution in [1.29, 1.82) is 0 Å². The highest BCUT2D eigenvalue weighted by Gasteiger charge is 2.31. The summed E-state index contributed by atoms with van der Waals surface area (Å²) in [5.74, 6) is 0. The Hall–Kier alpha value is -1.27. The minimum Gasteiger partial charge on any atom is -0.395 e. The van der Waals surface area contributed by atoms with Crippen LogP contribution in [0.15, 0.2) is 18.2 Å². The monoisotopic (exact) mass is 304 g/mol. The number of aliphatic hydroxyl groups excluding tert-OH is 1. The van der Waals surface area contributed by atoms with E-state index in [9.17, 15) is 18.3 Å². The quantitative estimate of drug-likeness (QED) is 0.813. The first-order chi connectivity index (χ1) is 9.88. The van der Waals surface area contributed by atoms with E-state index in [1.165, 1.54) is 6.07 Å². The van der Waals surface area contributed by atoms with Crippen LogP contribution in [0.25, 0.3) is 0 Å². The number of rotatable bonds is 7.